The lowest BCUT2D eigenvalue weighted by atomic mass is 10.0. The molecule has 0 spiro atoms. The van der Waals surface area contributed by atoms with Crippen molar-refractivity contribution >= 4 is 26.0 Å². The molecule has 0 fully saturated rings. The maximum Gasteiger partial charge on any atom is 0.262 e. The van der Waals surface area contributed by atoms with Crippen LogP contribution in [0.1, 0.15) is 22.8 Å². The first-order valence-corrected chi connectivity index (χ1v) is 9.56. The molecule has 0 aliphatic rings. The number of aryl methyl sites for hydroxylation is 1. The summed E-state index contributed by atoms with van der Waals surface area (Å²) in [7, 11) is -3.70. The molecule has 0 aromatic heterocycles. The summed E-state index contributed by atoms with van der Waals surface area (Å²) >= 11 is 3.23. The van der Waals surface area contributed by atoms with Crippen molar-refractivity contribution in [3.63, 3.8) is 0 Å². The molecule has 0 radical (unpaired) electrons. The highest BCUT2D eigenvalue weighted by atomic mass is 79.9. The SMILES string of the molecule is Cc1ccc([C@@H](O)CBr)cc1CONS(=O)(=O)c1ccccc1. The minimum Gasteiger partial charge on any atom is -0.388 e. The molecule has 0 aliphatic heterocycles. The largest absolute Gasteiger partial charge is 0.388 e. The van der Waals surface area contributed by atoms with Crippen LogP contribution in [0, 0.1) is 6.92 Å². The Labute approximate surface area is 144 Å². The average Bonchev–Trinajstić information content (AvgIpc) is 2.56. The molecule has 0 aliphatic carbocycles. The zero-order chi connectivity index (χ0) is 16.9. The van der Waals surface area contributed by atoms with Gasteiger partial charge < -0.3 is 5.11 Å². The standard InChI is InChI=1S/C16H18BrNO4S/c1-12-7-8-13(16(19)10-17)9-14(12)11-22-18-23(20,21)15-5-3-2-4-6-15/h2-9,16,18-19H,10-11H2,1H3/t16-/m0/s1. The summed E-state index contributed by atoms with van der Waals surface area (Å²) in [5, 5.41) is 10.3. The van der Waals surface area contributed by atoms with E-state index in [-0.39, 0.29) is 11.5 Å². The fourth-order valence-electron chi connectivity index (χ4n) is 1.98. The molecular formula is C16H18BrNO4S. The minimum atomic E-state index is -3.70. The Balaban J connectivity index is 2.04. The summed E-state index contributed by atoms with van der Waals surface area (Å²) in [6.07, 6.45) is -0.615. The van der Waals surface area contributed by atoms with Crippen LogP contribution in [-0.2, 0) is 21.5 Å². The normalized spacial score (nSPS) is 13.0. The van der Waals surface area contributed by atoms with Crippen molar-refractivity contribution in [2.45, 2.75) is 24.5 Å². The Kier molecular flexibility index (Phi) is 6.32. The van der Waals surface area contributed by atoms with E-state index in [1.807, 2.05) is 19.1 Å². The number of rotatable bonds is 7. The Bertz CT molecular complexity index is 750. The second-order valence-corrected chi connectivity index (χ2v) is 7.34. The number of aliphatic hydroxyl groups excluding tert-OH is 1. The molecule has 2 aromatic carbocycles. The van der Waals surface area contributed by atoms with Crippen molar-refractivity contribution in [2.75, 3.05) is 5.33 Å². The lowest BCUT2D eigenvalue weighted by Crippen LogP contribution is -2.24. The Morgan fingerprint density at radius 2 is 1.91 bits per heavy atom. The predicted octanol–water partition coefficient (Wildman–Crippen LogP) is 2.83. The van der Waals surface area contributed by atoms with Crippen molar-refractivity contribution in [1.82, 2.24) is 4.89 Å². The van der Waals surface area contributed by atoms with Gasteiger partial charge in [-0.3, -0.25) is 4.84 Å². The van der Waals surface area contributed by atoms with Crippen LogP contribution in [-0.4, -0.2) is 18.9 Å². The van der Waals surface area contributed by atoms with Crippen LogP contribution in [0.2, 0.25) is 0 Å². The number of sulfonamides is 1. The first-order chi connectivity index (χ1) is 10.9. The summed E-state index contributed by atoms with van der Waals surface area (Å²) in [6, 6.07) is 13.5. The molecule has 0 unspecified atom stereocenters. The molecular weight excluding hydrogens is 382 g/mol. The molecule has 0 heterocycles. The van der Waals surface area contributed by atoms with Crippen LogP contribution in [0.15, 0.2) is 53.4 Å². The number of hydrogen-bond acceptors (Lipinski definition) is 4. The molecule has 0 amide bonds. The first-order valence-electron chi connectivity index (χ1n) is 6.96. The van der Waals surface area contributed by atoms with Crippen LogP contribution in [0.25, 0.3) is 0 Å². The van der Waals surface area contributed by atoms with Crippen LogP contribution in [0.4, 0.5) is 0 Å². The Hall–Kier alpha value is -1.25. The highest BCUT2D eigenvalue weighted by Gasteiger charge is 2.14. The van der Waals surface area contributed by atoms with Gasteiger partial charge in [0, 0.05) is 5.33 Å². The molecule has 2 aromatic rings. The Morgan fingerprint density at radius 1 is 1.22 bits per heavy atom. The smallest absolute Gasteiger partial charge is 0.262 e. The highest BCUT2D eigenvalue weighted by molar-refractivity contribution is 9.09. The zero-order valence-electron chi connectivity index (χ0n) is 12.6. The van der Waals surface area contributed by atoms with Crippen molar-refractivity contribution in [3.05, 3.63) is 65.2 Å². The zero-order valence-corrected chi connectivity index (χ0v) is 15.0. The molecule has 0 bridgehead atoms. The monoisotopic (exact) mass is 399 g/mol. The molecule has 0 saturated heterocycles. The molecule has 0 saturated carbocycles. The topological polar surface area (TPSA) is 75.6 Å². The quantitative estimate of drug-likeness (QED) is 0.554. The van der Waals surface area contributed by atoms with Crippen LogP contribution < -0.4 is 4.89 Å². The van der Waals surface area contributed by atoms with E-state index in [0.29, 0.717) is 5.33 Å². The average molecular weight is 400 g/mol. The van der Waals surface area contributed by atoms with Gasteiger partial charge in [-0.1, -0.05) is 57.2 Å². The summed E-state index contributed by atoms with van der Waals surface area (Å²) in [5.74, 6) is 0. The lowest BCUT2D eigenvalue weighted by Gasteiger charge is -2.13. The third-order valence-electron chi connectivity index (χ3n) is 3.35. The van der Waals surface area contributed by atoms with Crippen molar-refractivity contribution < 1.29 is 18.4 Å². The summed E-state index contributed by atoms with van der Waals surface area (Å²) in [5.41, 5.74) is 2.50. The van der Waals surface area contributed by atoms with E-state index in [1.54, 1.807) is 24.3 Å². The number of hydrogen-bond donors (Lipinski definition) is 2. The molecule has 2 N–H and O–H groups in total. The molecule has 23 heavy (non-hydrogen) atoms. The first kappa shape index (κ1) is 18.1. The van der Waals surface area contributed by atoms with E-state index in [4.69, 9.17) is 4.84 Å². The van der Waals surface area contributed by atoms with Crippen LogP contribution >= 0.6 is 15.9 Å². The van der Waals surface area contributed by atoms with Gasteiger partial charge in [-0.05, 0) is 35.7 Å². The predicted molar refractivity (Wildman–Crippen MR) is 91.5 cm³/mol. The van der Waals surface area contributed by atoms with Gasteiger partial charge in [0.1, 0.15) is 0 Å². The molecule has 5 nitrogen and oxygen atoms in total. The lowest BCUT2D eigenvalue weighted by molar-refractivity contribution is 0.0790. The van der Waals surface area contributed by atoms with Crippen LogP contribution in [0.5, 0.6) is 0 Å². The van der Waals surface area contributed by atoms with E-state index in [9.17, 15) is 13.5 Å². The fraction of sp³-hybridized carbons (Fsp3) is 0.250. The van der Waals surface area contributed by atoms with Gasteiger partial charge in [-0.2, -0.15) is 0 Å². The number of aliphatic hydroxyl groups is 1. The second kappa shape index (κ2) is 8.03. The molecule has 124 valence electrons. The number of benzene rings is 2. The van der Waals surface area contributed by atoms with Gasteiger partial charge in [-0.15, -0.1) is 0 Å². The Morgan fingerprint density at radius 3 is 2.57 bits per heavy atom. The van der Waals surface area contributed by atoms with Gasteiger partial charge in [0.2, 0.25) is 0 Å². The number of alkyl halides is 1. The molecule has 2 rings (SSSR count). The van der Waals surface area contributed by atoms with Gasteiger partial charge in [0.15, 0.2) is 0 Å². The molecule has 1 atom stereocenters. The maximum atomic E-state index is 12.0. The van der Waals surface area contributed by atoms with Gasteiger partial charge in [-0.25, -0.2) is 8.42 Å². The van der Waals surface area contributed by atoms with E-state index < -0.39 is 16.1 Å². The third-order valence-corrected chi connectivity index (χ3v) is 5.20. The second-order valence-electron chi connectivity index (χ2n) is 5.04. The van der Waals surface area contributed by atoms with E-state index in [2.05, 4.69) is 20.8 Å². The fourth-order valence-corrected chi connectivity index (χ4v) is 3.18. The minimum absolute atomic E-state index is 0.0702. The van der Waals surface area contributed by atoms with Crippen molar-refractivity contribution in [3.8, 4) is 0 Å². The van der Waals surface area contributed by atoms with E-state index in [1.165, 1.54) is 12.1 Å². The maximum absolute atomic E-state index is 12.0. The molecule has 7 heteroatoms. The van der Waals surface area contributed by atoms with E-state index >= 15 is 0 Å². The van der Waals surface area contributed by atoms with E-state index in [0.717, 1.165) is 16.7 Å². The summed E-state index contributed by atoms with van der Waals surface area (Å²) in [6.45, 7) is 1.97. The van der Waals surface area contributed by atoms with Gasteiger partial charge in [0.05, 0.1) is 17.6 Å². The van der Waals surface area contributed by atoms with Gasteiger partial charge in [0.25, 0.3) is 10.0 Å². The summed E-state index contributed by atoms with van der Waals surface area (Å²) in [4.78, 5) is 7.41. The highest BCUT2D eigenvalue weighted by Crippen LogP contribution is 2.20. The number of halogens is 1. The van der Waals surface area contributed by atoms with Gasteiger partial charge >= 0.3 is 0 Å². The van der Waals surface area contributed by atoms with Crippen molar-refractivity contribution in [2.24, 2.45) is 0 Å². The van der Waals surface area contributed by atoms with Crippen molar-refractivity contribution in [1.29, 1.82) is 0 Å². The third kappa shape index (κ3) is 4.86. The summed E-state index contributed by atoms with van der Waals surface area (Å²) < 4.78 is 24.1. The number of nitrogens with one attached hydrogen (secondary N) is 1. The van der Waals surface area contributed by atoms with Crippen LogP contribution in [0.3, 0.4) is 0 Å².